The van der Waals surface area contributed by atoms with E-state index >= 15 is 0 Å². The summed E-state index contributed by atoms with van der Waals surface area (Å²) in [5, 5.41) is 14.4. The minimum absolute atomic E-state index is 0.110. The number of hydrogen-bond donors (Lipinski definition) is 3. The highest BCUT2D eigenvalue weighted by molar-refractivity contribution is 5.91. The van der Waals surface area contributed by atoms with E-state index in [1.807, 2.05) is 13.8 Å². The molecule has 19 heavy (non-hydrogen) atoms. The van der Waals surface area contributed by atoms with Crippen LogP contribution in [0.1, 0.15) is 32.3 Å². The van der Waals surface area contributed by atoms with Gasteiger partial charge in [-0.3, -0.25) is 4.79 Å². The first-order chi connectivity index (χ1) is 9.06. The van der Waals surface area contributed by atoms with E-state index in [2.05, 4.69) is 10.6 Å². The summed E-state index contributed by atoms with van der Waals surface area (Å²) < 4.78 is 0. The highest BCUT2D eigenvalue weighted by Gasteiger charge is 2.11. The Bertz CT molecular complexity index is 442. The monoisotopic (exact) mass is 264 g/mol. The second-order valence-corrected chi connectivity index (χ2v) is 4.34. The quantitative estimate of drug-likeness (QED) is 0.739. The number of aliphatic carboxylic acids is 1. The van der Waals surface area contributed by atoms with Gasteiger partial charge in [0.2, 0.25) is 0 Å². The normalized spacial score (nSPS) is 10.3. The number of nitrogens with one attached hydrogen (secondary N) is 2. The molecule has 0 saturated carbocycles. The van der Waals surface area contributed by atoms with Crippen LogP contribution >= 0.6 is 0 Å². The predicted molar refractivity (Wildman–Crippen MR) is 74.3 cm³/mol. The van der Waals surface area contributed by atoms with Crippen molar-refractivity contribution < 1.29 is 14.7 Å². The first-order valence-corrected chi connectivity index (χ1v) is 6.44. The summed E-state index contributed by atoms with van der Waals surface area (Å²) in [6.07, 6.45) is 1.61. The van der Waals surface area contributed by atoms with Crippen molar-refractivity contribution in [2.75, 3.05) is 5.32 Å². The molecular formula is C14H20N2O3. The Morgan fingerprint density at radius 3 is 2.42 bits per heavy atom. The van der Waals surface area contributed by atoms with Crippen molar-refractivity contribution in [3.05, 3.63) is 29.8 Å². The summed E-state index contributed by atoms with van der Waals surface area (Å²) in [5.74, 6) is -0.922. The van der Waals surface area contributed by atoms with Gasteiger partial charge < -0.3 is 15.7 Å². The van der Waals surface area contributed by atoms with E-state index in [1.165, 1.54) is 0 Å². The maximum atomic E-state index is 11.8. The second-order valence-electron chi connectivity index (χ2n) is 4.34. The fourth-order valence-electron chi connectivity index (χ4n) is 1.80. The average Bonchev–Trinajstić information content (AvgIpc) is 2.37. The second kappa shape index (κ2) is 7.41. The molecule has 0 aliphatic rings. The first-order valence-electron chi connectivity index (χ1n) is 6.44. The molecule has 3 N–H and O–H groups in total. The molecule has 0 aliphatic carbocycles. The smallest absolute Gasteiger partial charge is 0.319 e. The molecule has 0 fully saturated rings. The molecule has 2 amide bonds. The van der Waals surface area contributed by atoms with Crippen molar-refractivity contribution in [3.8, 4) is 0 Å². The lowest BCUT2D eigenvalue weighted by Gasteiger charge is -2.16. The minimum atomic E-state index is -0.922. The van der Waals surface area contributed by atoms with Crippen LogP contribution in [0, 0.1) is 0 Å². The van der Waals surface area contributed by atoms with Crippen LogP contribution in [0.25, 0.3) is 0 Å². The van der Waals surface area contributed by atoms with Gasteiger partial charge >= 0.3 is 12.0 Å². The van der Waals surface area contributed by atoms with Crippen LogP contribution in [-0.4, -0.2) is 23.1 Å². The van der Waals surface area contributed by atoms with Gasteiger partial charge in [-0.1, -0.05) is 32.0 Å². The lowest BCUT2D eigenvalue weighted by atomic mass is 10.1. The highest BCUT2D eigenvalue weighted by atomic mass is 16.4. The third kappa shape index (κ3) is 4.99. The summed E-state index contributed by atoms with van der Waals surface area (Å²) in [6.45, 7) is 4.01. The fraction of sp³-hybridized carbons (Fsp3) is 0.429. The van der Waals surface area contributed by atoms with E-state index in [0.717, 1.165) is 12.8 Å². The van der Waals surface area contributed by atoms with Crippen molar-refractivity contribution in [1.29, 1.82) is 0 Å². The van der Waals surface area contributed by atoms with E-state index in [0.29, 0.717) is 11.3 Å². The molecule has 0 heterocycles. The van der Waals surface area contributed by atoms with E-state index in [9.17, 15) is 9.59 Å². The molecule has 5 heteroatoms. The van der Waals surface area contributed by atoms with Crippen molar-refractivity contribution in [3.63, 3.8) is 0 Å². The molecule has 0 aromatic heterocycles. The molecule has 0 radical (unpaired) electrons. The SMILES string of the molecule is CCC(CC)NC(=O)Nc1ccccc1CC(=O)O. The highest BCUT2D eigenvalue weighted by Crippen LogP contribution is 2.15. The fourth-order valence-corrected chi connectivity index (χ4v) is 1.80. The maximum absolute atomic E-state index is 11.8. The number of amides is 2. The lowest BCUT2D eigenvalue weighted by Crippen LogP contribution is -2.37. The number of rotatable bonds is 6. The molecule has 0 saturated heterocycles. The van der Waals surface area contributed by atoms with Crippen molar-refractivity contribution >= 4 is 17.7 Å². The summed E-state index contributed by atoms with van der Waals surface area (Å²) in [5.41, 5.74) is 1.13. The van der Waals surface area contributed by atoms with Crippen LogP contribution in [0.4, 0.5) is 10.5 Å². The minimum Gasteiger partial charge on any atom is -0.481 e. The molecule has 0 bridgehead atoms. The zero-order chi connectivity index (χ0) is 14.3. The molecule has 1 aromatic carbocycles. The maximum Gasteiger partial charge on any atom is 0.319 e. The van der Waals surface area contributed by atoms with Crippen molar-refractivity contribution in [2.24, 2.45) is 0 Å². The standard InChI is InChI=1S/C14H20N2O3/c1-3-11(4-2)15-14(19)16-12-8-6-5-7-10(12)9-13(17)18/h5-8,11H,3-4,9H2,1-2H3,(H,17,18)(H2,15,16,19). The van der Waals surface area contributed by atoms with E-state index in [1.54, 1.807) is 24.3 Å². The summed E-state index contributed by atoms with van der Waals surface area (Å²) in [4.78, 5) is 22.6. The predicted octanol–water partition coefficient (Wildman–Crippen LogP) is 2.62. The Morgan fingerprint density at radius 2 is 1.84 bits per heavy atom. The number of benzene rings is 1. The Balaban J connectivity index is 2.70. The molecule has 0 spiro atoms. The number of carbonyl (C=O) groups excluding carboxylic acids is 1. The van der Waals surface area contributed by atoms with Gasteiger partial charge in [-0.25, -0.2) is 4.79 Å². The zero-order valence-corrected chi connectivity index (χ0v) is 11.3. The first kappa shape index (κ1) is 15.0. The molecule has 104 valence electrons. The molecule has 1 rings (SSSR count). The summed E-state index contributed by atoms with van der Waals surface area (Å²) in [6, 6.07) is 6.74. The molecule has 1 aromatic rings. The Kier molecular flexibility index (Phi) is 5.85. The number of para-hydroxylation sites is 1. The summed E-state index contributed by atoms with van der Waals surface area (Å²) in [7, 11) is 0. The van der Waals surface area contributed by atoms with E-state index < -0.39 is 5.97 Å². The van der Waals surface area contributed by atoms with Crippen LogP contribution in [0.15, 0.2) is 24.3 Å². The topological polar surface area (TPSA) is 78.4 Å². The number of carboxylic acids is 1. The van der Waals surface area contributed by atoms with Crippen LogP contribution in [0.5, 0.6) is 0 Å². The number of anilines is 1. The number of hydrogen-bond acceptors (Lipinski definition) is 2. The van der Waals surface area contributed by atoms with Crippen LogP contribution in [0.2, 0.25) is 0 Å². The average molecular weight is 264 g/mol. The van der Waals surface area contributed by atoms with E-state index in [-0.39, 0.29) is 18.5 Å². The van der Waals surface area contributed by atoms with Gasteiger partial charge in [0.05, 0.1) is 6.42 Å². The van der Waals surface area contributed by atoms with Gasteiger partial charge in [0.25, 0.3) is 0 Å². The molecule has 0 aliphatic heterocycles. The number of carboxylic acid groups (broad SMARTS) is 1. The van der Waals surface area contributed by atoms with Crippen LogP contribution < -0.4 is 10.6 Å². The number of urea groups is 1. The molecule has 0 unspecified atom stereocenters. The van der Waals surface area contributed by atoms with Crippen LogP contribution in [0.3, 0.4) is 0 Å². The van der Waals surface area contributed by atoms with Gasteiger partial charge in [0, 0.05) is 11.7 Å². The Morgan fingerprint density at radius 1 is 1.21 bits per heavy atom. The molecular weight excluding hydrogens is 244 g/mol. The third-order valence-corrected chi connectivity index (χ3v) is 2.93. The van der Waals surface area contributed by atoms with E-state index in [4.69, 9.17) is 5.11 Å². The van der Waals surface area contributed by atoms with Gasteiger partial charge in [0.15, 0.2) is 0 Å². The van der Waals surface area contributed by atoms with Gasteiger partial charge in [-0.05, 0) is 24.5 Å². The van der Waals surface area contributed by atoms with Crippen molar-refractivity contribution in [1.82, 2.24) is 5.32 Å². The Hall–Kier alpha value is -2.04. The molecule has 5 nitrogen and oxygen atoms in total. The largest absolute Gasteiger partial charge is 0.481 e. The zero-order valence-electron chi connectivity index (χ0n) is 11.3. The van der Waals surface area contributed by atoms with Crippen molar-refractivity contribution in [2.45, 2.75) is 39.2 Å². The van der Waals surface area contributed by atoms with Gasteiger partial charge in [-0.2, -0.15) is 0 Å². The third-order valence-electron chi connectivity index (χ3n) is 2.93. The Labute approximate surface area is 113 Å². The van der Waals surface area contributed by atoms with Gasteiger partial charge in [-0.15, -0.1) is 0 Å². The number of carbonyl (C=O) groups is 2. The summed E-state index contributed by atoms with van der Waals surface area (Å²) >= 11 is 0. The van der Waals surface area contributed by atoms with Gasteiger partial charge in [0.1, 0.15) is 0 Å². The molecule has 0 atom stereocenters. The lowest BCUT2D eigenvalue weighted by molar-refractivity contribution is -0.136. The van der Waals surface area contributed by atoms with Crippen LogP contribution in [-0.2, 0) is 11.2 Å².